The second-order valence-corrected chi connectivity index (χ2v) is 4.78. The van der Waals surface area contributed by atoms with E-state index >= 15 is 0 Å². The van der Waals surface area contributed by atoms with Crippen LogP contribution in [0, 0.1) is 6.92 Å². The molecule has 3 rings (SSSR count). The van der Waals surface area contributed by atoms with Gasteiger partial charge < -0.3 is 19.3 Å². The molecule has 0 spiro atoms. The Bertz CT molecular complexity index is 693. The molecular formula is C16H14O5. The van der Waals surface area contributed by atoms with Gasteiger partial charge in [-0.2, -0.15) is 0 Å². The predicted molar refractivity (Wildman–Crippen MR) is 75.0 cm³/mol. The molecule has 0 fully saturated rings. The molecule has 0 saturated heterocycles. The van der Waals surface area contributed by atoms with Crippen molar-refractivity contribution in [2.45, 2.75) is 13.5 Å². The van der Waals surface area contributed by atoms with E-state index in [1.54, 1.807) is 12.1 Å². The number of aromatic carboxylic acids is 1. The molecule has 1 N–H and O–H groups in total. The number of hydrogen-bond acceptors (Lipinski definition) is 4. The van der Waals surface area contributed by atoms with E-state index in [0.717, 1.165) is 11.1 Å². The van der Waals surface area contributed by atoms with Crippen LogP contribution in [-0.2, 0) is 6.61 Å². The first-order valence-electron chi connectivity index (χ1n) is 6.49. The molecule has 0 unspecified atom stereocenters. The Labute approximate surface area is 121 Å². The van der Waals surface area contributed by atoms with Gasteiger partial charge in [-0.15, -0.1) is 0 Å². The molecule has 5 nitrogen and oxygen atoms in total. The molecule has 0 saturated carbocycles. The van der Waals surface area contributed by atoms with Gasteiger partial charge in [0.25, 0.3) is 0 Å². The van der Waals surface area contributed by atoms with Crippen LogP contribution in [0.25, 0.3) is 0 Å². The standard InChI is InChI=1S/C16H14O5/c1-10-2-4-13(12(6-10)16(17)18)19-8-11-3-5-14-15(7-11)21-9-20-14/h2-7H,8-9H2,1H3,(H,17,18). The highest BCUT2D eigenvalue weighted by Gasteiger charge is 2.15. The zero-order valence-electron chi connectivity index (χ0n) is 11.5. The molecule has 108 valence electrons. The van der Waals surface area contributed by atoms with E-state index in [1.165, 1.54) is 0 Å². The predicted octanol–water partition coefficient (Wildman–Crippen LogP) is 3.00. The summed E-state index contributed by atoms with van der Waals surface area (Å²) in [5.74, 6) is 0.740. The Hall–Kier alpha value is -2.69. The minimum Gasteiger partial charge on any atom is -0.488 e. The fourth-order valence-corrected chi connectivity index (χ4v) is 2.13. The highest BCUT2D eigenvalue weighted by molar-refractivity contribution is 5.91. The number of rotatable bonds is 4. The first-order valence-corrected chi connectivity index (χ1v) is 6.49. The smallest absolute Gasteiger partial charge is 0.339 e. The van der Waals surface area contributed by atoms with Crippen LogP contribution in [0.3, 0.4) is 0 Å². The first kappa shape index (κ1) is 13.3. The summed E-state index contributed by atoms with van der Waals surface area (Å²) in [6.45, 7) is 2.33. The van der Waals surface area contributed by atoms with Crippen LogP contribution in [0.4, 0.5) is 0 Å². The van der Waals surface area contributed by atoms with Gasteiger partial charge in [-0.1, -0.05) is 17.7 Å². The van der Waals surface area contributed by atoms with Crippen molar-refractivity contribution in [1.82, 2.24) is 0 Å². The van der Waals surface area contributed by atoms with Gasteiger partial charge in [0.15, 0.2) is 11.5 Å². The number of aryl methyl sites for hydroxylation is 1. The van der Waals surface area contributed by atoms with E-state index in [1.807, 2.05) is 31.2 Å². The lowest BCUT2D eigenvalue weighted by Crippen LogP contribution is -2.03. The molecule has 0 bridgehead atoms. The minimum atomic E-state index is -1.00. The van der Waals surface area contributed by atoms with Crippen molar-refractivity contribution in [1.29, 1.82) is 0 Å². The third-order valence-electron chi connectivity index (χ3n) is 3.20. The number of carboxylic acids is 1. The molecule has 1 heterocycles. The third kappa shape index (κ3) is 2.76. The number of benzene rings is 2. The van der Waals surface area contributed by atoms with Crippen molar-refractivity contribution in [3.8, 4) is 17.2 Å². The molecule has 5 heteroatoms. The summed E-state index contributed by atoms with van der Waals surface area (Å²) in [4.78, 5) is 11.2. The lowest BCUT2D eigenvalue weighted by atomic mass is 10.1. The van der Waals surface area contributed by atoms with Crippen LogP contribution in [0.5, 0.6) is 17.2 Å². The van der Waals surface area contributed by atoms with Gasteiger partial charge in [0, 0.05) is 0 Å². The monoisotopic (exact) mass is 286 g/mol. The topological polar surface area (TPSA) is 65.0 Å². The SMILES string of the molecule is Cc1ccc(OCc2ccc3c(c2)OCO3)c(C(=O)O)c1. The molecule has 0 amide bonds. The molecule has 0 atom stereocenters. The van der Waals surface area contributed by atoms with E-state index in [0.29, 0.717) is 17.2 Å². The molecule has 0 radical (unpaired) electrons. The number of carboxylic acid groups (broad SMARTS) is 1. The van der Waals surface area contributed by atoms with Crippen LogP contribution in [0.1, 0.15) is 21.5 Å². The molecule has 1 aliphatic rings. The molecular weight excluding hydrogens is 272 g/mol. The zero-order chi connectivity index (χ0) is 14.8. The van der Waals surface area contributed by atoms with Gasteiger partial charge in [0.05, 0.1) is 0 Å². The number of hydrogen-bond donors (Lipinski definition) is 1. The number of ether oxygens (including phenoxy) is 3. The van der Waals surface area contributed by atoms with Crippen molar-refractivity contribution in [3.63, 3.8) is 0 Å². The second kappa shape index (κ2) is 5.36. The summed E-state index contributed by atoms with van der Waals surface area (Å²) in [6, 6.07) is 10.6. The molecule has 1 aliphatic heterocycles. The van der Waals surface area contributed by atoms with Gasteiger partial charge in [-0.05, 0) is 36.8 Å². The molecule has 2 aromatic rings. The van der Waals surface area contributed by atoms with Crippen LogP contribution in [0.2, 0.25) is 0 Å². The van der Waals surface area contributed by atoms with Gasteiger partial charge in [-0.25, -0.2) is 4.79 Å². The third-order valence-corrected chi connectivity index (χ3v) is 3.20. The Morgan fingerprint density at radius 3 is 2.81 bits per heavy atom. The average Bonchev–Trinajstić information content (AvgIpc) is 2.93. The Balaban J connectivity index is 1.77. The van der Waals surface area contributed by atoms with Crippen molar-refractivity contribution in [2.75, 3.05) is 6.79 Å². The van der Waals surface area contributed by atoms with Gasteiger partial charge in [0.2, 0.25) is 6.79 Å². The summed E-state index contributed by atoms with van der Waals surface area (Å²) in [5, 5.41) is 9.20. The summed E-state index contributed by atoms with van der Waals surface area (Å²) in [5.41, 5.74) is 1.93. The largest absolute Gasteiger partial charge is 0.488 e. The Morgan fingerprint density at radius 1 is 1.19 bits per heavy atom. The van der Waals surface area contributed by atoms with E-state index in [2.05, 4.69) is 0 Å². The highest BCUT2D eigenvalue weighted by atomic mass is 16.7. The normalized spacial score (nSPS) is 12.2. The fourth-order valence-electron chi connectivity index (χ4n) is 2.13. The zero-order valence-corrected chi connectivity index (χ0v) is 11.5. The first-order chi connectivity index (χ1) is 10.1. The van der Waals surface area contributed by atoms with Crippen LogP contribution in [0.15, 0.2) is 36.4 Å². The van der Waals surface area contributed by atoms with Crippen molar-refractivity contribution in [2.24, 2.45) is 0 Å². The Kier molecular flexibility index (Phi) is 3.39. The number of carbonyl (C=O) groups is 1. The summed E-state index contributed by atoms with van der Waals surface area (Å²) < 4.78 is 16.2. The van der Waals surface area contributed by atoms with Gasteiger partial charge in [0.1, 0.15) is 17.9 Å². The Morgan fingerprint density at radius 2 is 2.00 bits per heavy atom. The number of fused-ring (bicyclic) bond motifs is 1. The molecule has 2 aromatic carbocycles. The van der Waals surface area contributed by atoms with Crippen LogP contribution in [-0.4, -0.2) is 17.9 Å². The van der Waals surface area contributed by atoms with Gasteiger partial charge in [-0.3, -0.25) is 0 Å². The van der Waals surface area contributed by atoms with E-state index in [9.17, 15) is 9.90 Å². The molecule has 0 aromatic heterocycles. The molecule has 0 aliphatic carbocycles. The second-order valence-electron chi connectivity index (χ2n) is 4.78. The highest BCUT2D eigenvalue weighted by Crippen LogP contribution is 2.33. The average molecular weight is 286 g/mol. The summed E-state index contributed by atoms with van der Waals surface area (Å²) >= 11 is 0. The lowest BCUT2D eigenvalue weighted by Gasteiger charge is -2.10. The van der Waals surface area contributed by atoms with Crippen molar-refractivity contribution >= 4 is 5.97 Å². The van der Waals surface area contributed by atoms with E-state index in [4.69, 9.17) is 14.2 Å². The van der Waals surface area contributed by atoms with Gasteiger partial charge >= 0.3 is 5.97 Å². The quantitative estimate of drug-likeness (QED) is 0.936. The maximum Gasteiger partial charge on any atom is 0.339 e. The maximum atomic E-state index is 11.2. The van der Waals surface area contributed by atoms with Crippen LogP contribution >= 0.6 is 0 Å². The lowest BCUT2D eigenvalue weighted by molar-refractivity contribution is 0.0691. The van der Waals surface area contributed by atoms with Crippen LogP contribution < -0.4 is 14.2 Å². The van der Waals surface area contributed by atoms with Crippen molar-refractivity contribution < 1.29 is 24.1 Å². The minimum absolute atomic E-state index is 0.163. The maximum absolute atomic E-state index is 11.2. The van der Waals surface area contributed by atoms with E-state index in [-0.39, 0.29) is 19.0 Å². The van der Waals surface area contributed by atoms with Crippen molar-refractivity contribution in [3.05, 3.63) is 53.1 Å². The summed E-state index contributed by atoms with van der Waals surface area (Å²) in [6.07, 6.45) is 0. The fraction of sp³-hybridized carbons (Fsp3) is 0.188. The summed E-state index contributed by atoms with van der Waals surface area (Å²) in [7, 11) is 0. The molecule has 21 heavy (non-hydrogen) atoms. The van der Waals surface area contributed by atoms with E-state index < -0.39 is 5.97 Å².